The van der Waals surface area contributed by atoms with Crippen molar-refractivity contribution in [2.75, 3.05) is 46.6 Å². The molecular formula is C23H31NO7. The number of carboxylic acid groups (broad SMARTS) is 1. The van der Waals surface area contributed by atoms with E-state index in [1.807, 2.05) is 19.9 Å². The molecule has 0 aliphatic carbocycles. The van der Waals surface area contributed by atoms with E-state index in [0.717, 1.165) is 41.9 Å². The minimum atomic E-state index is -0.825. The van der Waals surface area contributed by atoms with Crippen LogP contribution >= 0.6 is 0 Å². The number of nitrogens with zero attached hydrogens (tertiary/aromatic N) is 1. The second kappa shape index (κ2) is 10.6. The van der Waals surface area contributed by atoms with Crippen molar-refractivity contribution in [1.82, 2.24) is 4.90 Å². The smallest absolute Gasteiger partial charge is 0.342 e. The molecule has 8 heteroatoms. The van der Waals surface area contributed by atoms with Crippen LogP contribution in [0.4, 0.5) is 0 Å². The summed E-state index contributed by atoms with van der Waals surface area (Å²) in [6, 6.07) is 0. The number of hydrogen-bond acceptors (Lipinski definition) is 7. The first-order valence-corrected chi connectivity index (χ1v) is 10.6. The predicted molar refractivity (Wildman–Crippen MR) is 114 cm³/mol. The summed E-state index contributed by atoms with van der Waals surface area (Å²) >= 11 is 0. The Morgan fingerprint density at radius 3 is 2.65 bits per heavy atom. The van der Waals surface area contributed by atoms with Gasteiger partial charge in [-0.2, -0.15) is 0 Å². The molecule has 2 heterocycles. The van der Waals surface area contributed by atoms with Gasteiger partial charge in [0, 0.05) is 37.2 Å². The van der Waals surface area contributed by atoms with Crippen LogP contribution in [0.5, 0.6) is 11.5 Å². The van der Waals surface area contributed by atoms with E-state index in [0.29, 0.717) is 49.7 Å². The maximum absolute atomic E-state index is 12.5. The number of esters is 1. The zero-order valence-corrected chi connectivity index (χ0v) is 18.5. The van der Waals surface area contributed by atoms with Crippen molar-refractivity contribution >= 4 is 11.9 Å². The average Bonchev–Trinajstić information content (AvgIpc) is 3.15. The lowest BCUT2D eigenvalue weighted by molar-refractivity contribution is -0.136. The molecule has 0 bridgehead atoms. The fourth-order valence-electron chi connectivity index (χ4n) is 3.95. The summed E-state index contributed by atoms with van der Waals surface area (Å²) in [7, 11) is 1.61. The Kier molecular flexibility index (Phi) is 7.92. The van der Waals surface area contributed by atoms with E-state index in [9.17, 15) is 9.59 Å². The van der Waals surface area contributed by atoms with Gasteiger partial charge in [-0.05, 0) is 32.3 Å². The van der Waals surface area contributed by atoms with Gasteiger partial charge in [0.05, 0.1) is 20.3 Å². The average molecular weight is 434 g/mol. The number of morpholine rings is 1. The first kappa shape index (κ1) is 23.1. The molecule has 1 fully saturated rings. The topological polar surface area (TPSA) is 94.5 Å². The lowest BCUT2D eigenvalue weighted by atomic mass is 9.94. The summed E-state index contributed by atoms with van der Waals surface area (Å²) in [5.74, 6) is -0.0141. The Morgan fingerprint density at radius 1 is 1.23 bits per heavy atom. The third-order valence-corrected chi connectivity index (χ3v) is 5.77. The molecule has 2 aliphatic rings. The van der Waals surface area contributed by atoms with Gasteiger partial charge in [-0.1, -0.05) is 11.6 Å². The van der Waals surface area contributed by atoms with E-state index >= 15 is 0 Å². The molecule has 3 rings (SSSR count). The van der Waals surface area contributed by atoms with Crippen molar-refractivity contribution in [2.45, 2.75) is 39.7 Å². The summed E-state index contributed by atoms with van der Waals surface area (Å²) in [6.45, 7) is 8.35. The first-order chi connectivity index (χ1) is 14.9. The number of hydrogen-bond donors (Lipinski definition) is 1. The maximum Gasteiger partial charge on any atom is 0.342 e. The Balaban J connectivity index is 1.88. The highest BCUT2D eigenvalue weighted by atomic mass is 16.5. The molecule has 31 heavy (non-hydrogen) atoms. The summed E-state index contributed by atoms with van der Waals surface area (Å²) in [5.41, 5.74) is 3.90. The van der Waals surface area contributed by atoms with Crippen LogP contribution in [0.1, 0.15) is 46.8 Å². The molecule has 1 saturated heterocycles. The van der Waals surface area contributed by atoms with Crippen molar-refractivity contribution in [3.05, 3.63) is 33.9 Å². The molecule has 0 amide bonds. The number of carboxylic acids is 1. The molecule has 1 aromatic carbocycles. The molecule has 170 valence electrons. The zero-order valence-electron chi connectivity index (χ0n) is 18.5. The molecule has 0 spiro atoms. The molecule has 0 atom stereocenters. The summed E-state index contributed by atoms with van der Waals surface area (Å²) in [4.78, 5) is 25.6. The molecule has 2 aliphatic heterocycles. The lowest BCUT2D eigenvalue weighted by Crippen LogP contribution is -2.38. The third kappa shape index (κ3) is 5.57. The van der Waals surface area contributed by atoms with Crippen LogP contribution in [0.3, 0.4) is 0 Å². The van der Waals surface area contributed by atoms with Gasteiger partial charge >= 0.3 is 11.9 Å². The van der Waals surface area contributed by atoms with Gasteiger partial charge in [-0.25, -0.2) is 4.79 Å². The van der Waals surface area contributed by atoms with Gasteiger partial charge in [0.15, 0.2) is 0 Å². The SMILES string of the molecule is COc1c(C)c2c(c(OCCN3CCOCC3)c1C/C=C(\C)CCC(=O)O)C(=O)OC2. The second-order valence-electron chi connectivity index (χ2n) is 7.85. The molecule has 0 saturated carbocycles. The molecule has 0 unspecified atom stereocenters. The van der Waals surface area contributed by atoms with E-state index in [1.54, 1.807) is 7.11 Å². The monoisotopic (exact) mass is 433 g/mol. The first-order valence-electron chi connectivity index (χ1n) is 10.6. The van der Waals surface area contributed by atoms with Crippen molar-refractivity contribution in [3.8, 4) is 11.5 Å². The number of methoxy groups -OCH3 is 1. The lowest BCUT2D eigenvalue weighted by Gasteiger charge is -2.27. The van der Waals surface area contributed by atoms with Crippen LogP contribution < -0.4 is 9.47 Å². The predicted octanol–water partition coefficient (Wildman–Crippen LogP) is 2.74. The third-order valence-electron chi connectivity index (χ3n) is 5.77. The molecule has 0 radical (unpaired) electrons. The van der Waals surface area contributed by atoms with Crippen molar-refractivity contribution in [3.63, 3.8) is 0 Å². The maximum atomic E-state index is 12.5. The van der Waals surface area contributed by atoms with E-state index < -0.39 is 5.97 Å². The fraction of sp³-hybridized carbons (Fsp3) is 0.565. The number of ether oxygens (including phenoxy) is 4. The quantitative estimate of drug-likeness (QED) is 0.445. The highest BCUT2D eigenvalue weighted by Gasteiger charge is 2.33. The highest BCUT2D eigenvalue weighted by Crippen LogP contribution is 2.42. The van der Waals surface area contributed by atoms with Crippen LogP contribution in [0.15, 0.2) is 11.6 Å². The van der Waals surface area contributed by atoms with Crippen LogP contribution in [0.2, 0.25) is 0 Å². The summed E-state index contributed by atoms with van der Waals surface area (Å²) in [6.07, 6.45) is 3.00. The molecule has 1 aromatic rings. The summed E-state index contributed by atoms with van der Waals surface area (Å²) < 4.78 is 22.6. The Hall–Kier alpha value is -2.58. The minimum Gasteiger partial charge on any atom is -0.496 e. The number of benzene rings is 1. The Bertz CT molecular complexity index is 856. The fourth-order valence-corrected chi connectivity index (χ4v) is 3.95. The van der Waals surface area contributed by atoms with Gasteiger partial charge in [-0.3, -0.25) is 9.69 Å². The summed E-state index contributed by atoms with van der Waals surface area (Å²) in [5, 5.41) is 8.92. The molecule has 8 nitrogen and oxygen atoms in total. The number of aliphatic carboxylic acids is 1. The van der Waals surface area contributed by atoms with E-state index in [4.69, 9.17) is 24.1 Å². The number of allylic oxidation sites excluding steroid dienone is 2. The van der Waals surface area contributed by atoms with Crippen LogP contribution in [0.25, 0.3) is 0 Å². The molecular weight excluding hydrogens is 402 g/mol. The van der Waals surface area contributed by atoms with Crippen LogP contribution in [-0.4, -0.2) is 68.5 Å². The van der Waals surface area contributed by atoms with E-state index in [1.165, 1.54) is 0 Å². The number of cyclic esters (lactones) is 1. The number of fused-ring (bicyclic) bond motifs is 1. The molecule has 1 N–H and O–H groups in total. The Morgan fingerprint density at radius 2 is 1.97 bits per heavy atom. The van der Waals surface area contributed by atoms with Gasteiger partial charge in [0.1, 0.15) is 30.3 Å². The van der Waals surface area contributed by atoms with Gasteiger partial charge in [-0.15, -0.1) is 0 Å². The van der Waals surface area contributed by atoms with Crippen molar-refractivity contribution in [2.24, 2.45) is 0 Å². The van der Waals surface area contributed by atoms with Crippen molar-refractivity contribution < 1.29 is 33.6 Å². The largest absolute Gasteiger partial charge is 0.496 e. The van der Waals surface area contributed by atoms with Gasteiger partial charge < -0.3 is 24.1 Å². The van der Waals surface area contributed by atoms with E-state index in [-0.39, 0.29) is 19.0 Å². The highest BCUT2D eigenvalue weighted by molar-refractivity contribution is 5.98. The van der Waals surface area contributed by atoms with Crippen molar-refractivity contribution in [1.29, 1.82) is 0 Å². The van der Waals surface area contributed by atoms with Crippen LogP contribution in [0, 0.1) is 6.92 Å². The normalized spacial score (nSPS) is 16.7. The van der Waals surface area contributed by atoms with Crippen LogP contribution in [-0.2, 0) is 27.3 Å². The minimum absolute atomic E-state index is 0.0813. The van der Waals surface area contributed by atoms with Gasteiger partial charge in [0.25, 0.3) is 0 Å². The standard InChI is InChI=1S/C23H31NO7/c1-15(5-7-19(25)26)4-6-17-21(28-3)16(2)18-14-31-23(27)20(18)22(17)30-13-10-24-8-11-29-12-9-24/h4H,5-14H2,1-3H3,(H,25,26)/b15-4+. The number of rotatable bonds is 10. The Labute approximate surface area is 182 Å². The zero-order chi connectivity index (χ0) is 22.4. The second-order valence-corrected chi connectivity index (χ2v) is 7.85. The van der Waals surface area contributed by atoms with E-state index in [2.05, 4.69) is 4.90 Å². The number of carbonyl (C=O) groups excluding carboxylic acids is 1. The van der Waals surface area contributed by atoms with Gasteiger partial charge in [0.2, 0.25) is 0 Å². The molecule has 0 aromatic heterocycles. The number of carbonyl (C=O) groups is 2.